The Balaban J connectivity index is 3.49. The second-order valence-electron chi connectivity index (χ2n) is 0.911. The van der Waals surface area contributed by atoms with Gasteiger partial charge in [0.2, 0.25) is 0 Å². The highest BCUT2D eigenvalue weighted by Gasteiger charge is 1.78. The number of thioether (sulfide) groups is 1. The summed E-state index contributed by atoms with van der Waals surface area (Å²) in [5.74, 6) is 0. The lowest BCUT2D eigenvalue weighted by Gasteiger charge is -1.83. The molecule has 0 fully saturated rings. The van der Waals surface area contributed by atoms with E-state index in [0.29, 0.717) is 0 Å². The molecule has 0 unspecified atom stereocenters. The Morgan fingerprint density at radius 3 is 2.57 bits per heavy atom. The average molecular weight is 179 g/mol. The van der Waals surface area contributed by atoms with Crippen molar-refractivity contribution in [3.05, 3.63) is 22.5 Å². The molecule has 0 saturated heterocycles. The van der Waals surface area contributed by atoms with E-state index in [1.807, 2.05) is 12.3 Å². The maximum Gasteiger partial charge on any atom is 0.0499 e. The van der Waals surface area contributed by atoms with Crippen LogP contribution in [0.3, 0.4) is 0 Å². The molecule has 0 N–H and O–H groups in total. The highest BCUT2D eigenvalue weighted by atomic mass is 79.9. The molecule has 2 heteroatoms. The molecular formula is C5H7BrS. The predicted octanol–water partition coefficient (Wildman–Crippen LogP) is 2.77. The molecule has 0 aromatic rings. The van der Waals surface area contributed by atoms with Gasteiger partial charge in [-0.3, -0.25) is 0 Å². The molecule has 0 saturated carbocycles. The van der Waals surface area contributed by atoms with Crippen molar-refractivity contribution in [1.82, 2.24) is 0 Å². The molecule has 0 nitrogen and oxygen atoms in total. The molecule has 0 heterocycles. The van der Waals surface area contributed by atoms with Gasteiger partial charge >= 0.3 is 0 Å². The van der Waals surface area contributed by atoms with Crippen molar-refractivity contribution in [3.63, 3.8) is 0 Å². The lowest BCUT2D eigenvalue weighted by molar-refractivity contribution is 2.09. The van der Waals surface area contributed by atoms with Gasteiger partial charge in [0.1, 0.15) is 0 Å². The summed E-state index contributed by atoms with van der Waals surface area (Å²) in [6.07, 6.45) is 5.66. The molecule has 0 bridgehead atoms. The highest BCUT2D eigenvalue weighted by Crippen LogP contribution is 2.17. The Morgan fingerprint density at radius 2 is 2.43 bits per heavy atom. The quantitative estimate of drug-likeness (QED) is 0.587. The van der Waals surface area contributed by atoms with Crippen molar-refractivity contribution in [2.24, 2.45) is 0 Å². The van der Waals surface area contributed by atoms with E-state index < -0.39 is 0 Å². The second-order valence-corrected chi connectivity index (χ2v) is 3.14. The first-order valence-electron chi connectivity index (χ1n) is 1.83. The monoisotopic (exact) mass is 178 g/mol. The Bertz CT molecular complexity index is 86.1. The smallest absolute Gasteiger partial charge is 0.0499 e. The second kappa shape index (κ2) is 4.47. The molecule has 0 aromatic heterocycles. The summed E-state index contributed by atoms with van der Waals surface area (Å²) in [6.45, 7) is 3.53. The normalized spacial score (nSPS) is 11.4. The van der Waals surface area contributed by atoms with E-state index in [4.69, 9.17) is 0 Å². The molecule has 0 aliphatic carbocycles. The standard InChI is InChI=1S/C5H7BrS/c1-3-4-5(6)7-2/h3-4H,1H2,2H3/b5-4-. The van der Waals surface area contributed by atoms with Crippen LogP contribution in [0.1, 0.15) is 0 Å². The van der Waals surface area contributed by atoms with Gasteiger partial charge in [-0.05, 0) is 28.3 Å². The minimum absolute atomic E-state index is 1.11. The molecule has 0 atom stereocenters. The van der Waals surface area contributed by atoms with Crippen LogP contribution in [0.5, 0.6) is 0 Å². The Kier molecular flexibility index (Phi) is 4.67. The number of halogens is 1. The summed E-state index contributed by atoms with van der Waals surface area (Å²) in [5, 5.41) is 0. The van der Waals surface area contributed by atoms with Gasteiger partial charge in [-0.2, -0.15) is 0 Å². The number of hydrogen-bond acceptors (Lipinski definition) is 1. The van der Waals surface area contributed by atoms with Gasteiger partial charge in [0.05, 0.1) is 0 Å². The molecule has 0 radical (unpaired) electrons. The van der Waals surface area contributed by atoms with E-state index in [-0.39, 0.29) is 0 Å². The van der Waals surface area contributed by atoms with Gasteiger partial charge < -0.3 is 0 Å². The third kappa shape index (κ3) is 4.16. The van der Waals surface area contributed by atoms with E-state index in [9.17, 15) is 0 Å². The van der Waals surface area contributed by atoms with Crippen molar-refractivity contribution in [2.45, 2.75) is 0 Å². The molecule has 0 spiro atoms. The first-order chi connectivity index (χ1) is 3.31. The zero-order valence-electron chi connectivity index (χ0n) is 4.15. The third-order valence-corrected chi connectivity index (χ3v) is 2.21. The Hall–Kier alpha value is 0.310. The van der Waals surface area contributed by atoms with Crippen LogP contribution >= 0.6 is 27.7 Å². The van der Waals surface area contributed by atoms with E-state index in [1.54, 1.807) is 17.8 Å². The topological polar surface area (TPSA) is 0 Å². The number of hydrogen-bond donors (Lipinski definition) is 0. The Labute approximate surface area is 56.8 Å². The summed E-state index contributed by atoms with van der Waals surface area (Å²) in [5.41, 5.74) is 0. The zero-order valence-corrected chi connectivity index (χ0v) is 6.55. The minimum Gasteiger partial charge on any atom is -0.122 e. The average Bonchev–Trinajstić information content (AvgIpc) is 1.68. The van der Waals surface area contributed by atoms with Crippen LogP contribution in [0.2, 0.25) is 0 Å². The van der Waals surface area contributed by atoms with Crippen LogP contribution in [0.25, 0.3) is 0 Å². The minimum atomic E-state index is 1.11. The number of rotatable bonds is 2. The maximum absolute atomic E-state index is 3.53. The van der Waals surface area contributed by atoms with E-state index in [1.165, 1.54) is 0 Å². The highest BCUT2D eigenvalue weighted by molar-refractivity contribution is 9.14. The van der Waals surface area contributed by atoms with Gasteiger partial charge in [0.15, 0.2) is 0 Å². The first-order valence-corrected chi connectivity index (χ1v) is 3.85. The zero-order chi connectivity index (χ0) is 5.70. The summed E-state index contributed by atoms with van der Waals surface area (Å²) < 4.78 is 1.11. The van der Waals surface area contributed by atoms with Crippen LogP contribution in [0, 0.1) is 0 Å². The van der Waals surface area contributed by atoms with Crippen molar-refractivity contribution in [2.75, 3.05) is 6.26 Å². The molecule has 40 valence electrons. The largest absolute Gasteiger partial charge is 0.122 e. The van der Waals surface area contributed by atoms with Crippen LogP contribution in [-0.4, -0.2) is 6.26 Å². The predicted molar refractivity (Wildman–Crippen MR) is 40.7 cm³/mol. The molecule has 7 heavy (non-hydrogen) atoms. The van der Waals surface area contributed by atoms with E-state index in [2.05, 4.69) is 22.5 Å². The summed E-state index contributed by atoms with van der Waals surface area (Å²) >= 11 is 4.95. The van der Waals surface area contributed by atoms with Crippen molar-refractivity contribution < 1.29 is 0 Å². The lowest BCUT2D eigenvalue weighted by Crippen LogP contribution is -1.51. The van der Waals surface area contributed by atoms with Crippen LogP contribution in [0.4, 0.5) is 0 Å². The summed E-state index contributed by atoms with van der Waals surface area (Å²) in [6, 6.07) is 0. The lowest BCUT2D eigenvalue weighted by atomic mass is 10.6. The van der Waals surface area contributed by atoms with Gasteiger partial charge in [-0.1, -0.05) is 12.7 Å². The van der Waals surface area contributed by atoms with Crippen molar-refractivity contribution in [3.8, 4) is 0 Å². The van der Waals surface area contributed by atoms with E-state index in [0.717, 1.165) is 3.81 Å². The molecular weight excluding hydrogens is 172 g/mol. The third-order valence-electron chi connectivity index (χ3n) is 0.444. The van der Waals surface area contributed by atoms with Crippen LogP contribution in [-0.2, 0) is 0 Å². The van der Waals surface area contributed by atoms with Gasteiger partial charge in [-0.25, -0.2) is 0 Å². The molecule has 0 aliphatic rings. The first kappa shape index (κ1) is 7.31. The van der Waals surface area contributed by atoms with Gasteiger partial charge in [-0.15, -0.1) is 11.8 Å². The van der Waals surface area contributed by atoms with Crippen LogP contribution < -0.4 is 0 Å². The molecule has 0 aromatic carbocycles. The van der Waals surface area contributed by atoms with Crippen molar-refractivity contribution in [1.29, 1.82) is 0 Å². The molecule has 0 aliphatic heterocycles. The fourth-order valence-corrected chi connectivity index (χ4v) is 0.580. The SMILES string of the molecule is C=C/C=C(/Br)SC. The van der Waals surface area contributed by atoms with Crippen molar-refractivity contribution >= 4 is 27.7 Å². The molecule has 0 rings (SSSR count). The molecule has 0 amide bonds. The maximum atomic E-state index is 3.53. The van der Waals surface area contributed by atoms with Crippen LogP contribution in [0.15, 0.2) is 22.5 Å². The van der Waals surface area contributed by atoms with Gasteiger partial charge in [0.25, 0.3) is 0 Å². The summed E-state index contributed by atoms with van der Waals surface area (Å²) in [4.78, 5) is 0. The fourth-order valence-electron chi connectivity index (χ4n) is 0.161. The van der Waals surface area contributed by atoms with Gasteiger partial charge in [0, 0.05) is 3.81 Å². The number of allylic oxidation sites excluding steroid dienone is 2. The van der Waals surface area contributed by atoms with E-state index >= 15 is 0 Å². The fraction of sp³-hybridized carbons (Fsp3) is 0.200. The Morgan fingerprint density at radius 1 is 1.86 bits per heavy atom. The summed E-state index contributed by atoms with van der Waals surface area (Å²) in [7, 11) is 0.